The van der Waals surface area contributed by atoms with Gasteiger partial charge in [-0.1, -0.05) is 89.3 Å². The van der Waals surface area contributed by atoms with Crippen molar-refractivity contribution in [2.24, 2.45) is 0 Å². The molecule has 0 radical (unpaired) electrons. The van der Waals surface area contributed by atoms with Crippen LogP contribution >= 0.6 is 0 Å². The zero-order valence-corrected chi connectivity index (χ0v) is 15.6. The molecule has 0 aliphatic rings. The van der Waals surface area contributed by atoms with E-state index >= 15 is 0 Å². The van der Waals surface area contributed by atoms with E-state index in [1.165, 1.54) is 51.0 Å². The molecule has 4 nitrogen and oxygen atoms in total. The summed E-state index contributed by atoms with van der Waals surface area (Å²) in [6, 6.07) is 6.32. The molecule has 1 aromatic carbocycles. The molecule has 1 atom stereocenters. The van der Waals surface area contributed by atoms with Crippen LogP contribution in [0.25, 0.3) is 0 Å². The third-order valence-electron chi connectivity index (χ3n) is 4.46. The molecule has 1 unspecified atom stereocenters. The van der Waals surface area contributed by atoms with Gasteiger partial charge in [0.15, 0.2) is 0 Å². The largest absolute Gasteiger partial charge is 0.508 e. The monoisotopic (exact) mass is 356 g/mol. The fraction of sp³-hybridized carbons (Fsp3) is 0.684. The highest BCUT2D eigenvalue weighted by Gasteiger charge is 2.26. The number of aromatic hydroxyl groups is 1. The number of hydrogen-bond donors (Lipinski definition) is 2. The van der Waals surface area contributed by atoms with E-state index in [1.54, 1.807) is 18.2 Å². The summed E-state index contributed by atoms with van der Waals surface area (Å²) in [6.07, 6.45) is 12.0. The van der Waals surface area contributed by atoms with Crippen molar-refractivity contribution in [1.82, 2.24) is 0 Å². The molecule has 0 heterocycles. The Bertz CT molecular complexity index is 554. The highest BCUT2D eigenvalue weighted by atomic mass is 32.2. The number of phenolic OH excluding ortho intramolecular Hbond substituents is 1. The Morgan fingerprint density at radius 1 is 0.875 bits per heavy atom. The Kier molecular flexibility index (Phi) is 10.0. The molecule has 0 fully saturated rings. The van der Waals surface area contributed by atoms with Gasteiger partial charge in [0.1, 0.15) is 11.0 Å². The fourth-order valence-electron chi connectivity index (χ4n) is 3.04. The van der Waals surface area contributed by atoms with Crippen LogP contribution in [0.4, 0.5) is 0 Å². The summed E-state index contributed by atoms with van der Waals surface area (Å²) in [4.78, 5) is 0. The van der Waals surface area contributed by atoms with Crippen LogP contribution in [-0.2, 0) is 10.1 Å². The first-order valence-corrected chi connectivity index (χ1v) is 10.7. The molecule has 0 aliphatic carbocycles. The molecule has 0 saturated carbocycles. The third-order valence-corrected chi connectivity index (χ3v) is 5.67. The summed E-state index contributed by atoms with van der Waals surface area (Å²) in [7, 11) is -4.21. The number of hydrogen-bond acceptors (Lipinski definition) is 3. The first-order chi connectivity index (χ1) is 11.5. The van der Waals surface area contributed by atoms with Crippen molar-refractivity contribution in [3.63, 3.8) is 0 Å². The second kappa shape index (κ2) is 11.5. The van der Waals surface area contributed by atoms with Crippen molar-refractivity contribution < 1.29 is 18.1 Å². The maximum absolute atomic E-state index is 11.6. The number of benzene rings is 1. The van der Waals surface area contributed by atoms with Crippen molar-refractivity contribution in [1.29, 1.82) is 0 Å². The van der Waals surface area contributed by atoms with Crippen LogP contribution in [-0.4, -0.2) is 18.1 Å². The minimum atomic E-state index is -4.21. The summed E-state index contributed by atoms with van der Waals surface area (Å²) < 4.78 is 32.7. The fourth-order valence-corrected chi connectivity index (χ4v) is 4.03. The van der Waals surface area contributed by atoms with Crippen LogP contribution in [0.5, 0.6) is 5.75 Å². The SMILES string of the molecule is CCCCCCCCCCCCC(c1ccccc1O)S(=O)(=O)O. The average Bonchev–Trinajstić information content (AvgIpc) is 2.53. The molecule has 2 N–H and O–H groups in total. The van der Waals surface area contributed by atoms with Crippen LogP contribution in [0.1, 0.15) is 88.4 Å². The van der Waals surface area contributed by atoms with E-state index in [9.17, 15) is 18.1 Å². The molecule has 0 bridgehead atoms. The molecule has 0 spiro atoms. The Hall–Kier alpha value is -1.07. The zero-order chi connectivity index (χ0) is 17.8. The molecule has 0 aromatic heterocycles. The van der Waals surface area contributed by atoms with Gasteiger partial charge in [0.2, 0.25) is 0 Å². The standard InChI is InChI=1S/C19H32O4S/c1-2-3-4-5-6-7-8-9-10-11-16-19(24(21,22)23)17-14-12-13-15-18(17)20/h12-15,19-20H,2-11,16H2,1H3,(H,21,22,23). The third kappa shape index (κ3) is 8.15. The van der Waals surface area contributed by atoms with Gasteiger partial charge in [-0.05, 0) is 12.5 Å². The number of phenols is 1. The first kappa shape index (κ1) is 21.0. The van der Waals surface area contributed by atoms with E-state index in [0.29, 0.717) is 6.42 Å². The lowest BCUT2D eigenvalue weighted by Gasteiger charge is -2.15. The Morgan fingerprint density at radius 3 is 1.88 bits per heavy atom. The maximum Gasteiger partial charge on any atom is 0.272 e. The van der Waals surface area contributed by atoms with Crippen molar-refractivity contribution in [3.8, 4) is 5.75 Å². The molecule has 24 heavy (non-hydrogen) atoms. The lowest BCUT2D eigenvalue weighted by molar-refractivity contribution is 0.441. The van der Waals surface area contributed by atoms with E-state index in [2.05, 4.69) is 6.92 Å². The lowest BCUT2D eigenvalue weighted by Crippen LogP contribution is -2.12. The highest BCUT2D eigenvalue weighted by Crippen LogP contribution is 2.33. The van der Waals surface area contributed by atoms with Gasteiger partial charge in [-0.25, -0.2) is 0 Å². The molecule has 5 heteroatoms. The number of unbranched alkanes of at least 4 members (excludes halogenated alkanes) is 9. The van der Waals surface area contributed by atoms with Gasteiger partial charge in [0.25, 0.3) is 10.1 Å². The smallest absolute Gasteiger partial charge is 0.272 e. The van der Waals surface area contributed by atoms with Gasteiger partial charge in [0.05, 0.1) is 0 Å². The zero-order valence-electron chi connectivity index (χ0n) is 14.8. The van der Waals surface area contributed by atoms with Crippen molar-refractivity contribution >= 4 is 10.1 Å². The Balaban J connectivity index is 2.29. The first-order valence-electron chi connectivity index (χ1n) is 9.21. The molecule has 0 saturated heterocycles. The van der Waals surface area contributed by atoms with E-state index in [1.807, 2.05) is 0 Å². The summed E-state index contributed by atoms with van der Waals surface area (Å²) in [5.74, 6) is -0.0767. The minimum Gasteiger partial charge on any atom is -0.508 e. The van der Waals surface area contributed by atoms with Gasteiger partial charge < -0.3 is 5.11 Å². The normalized spacial score (nSPS) is 13.1. The van der Waals surface area contributed by atoms with Crippen LogP contribution in [0, 0.1) is 0 Å². The predicted octanol–water partition coefficient (Wildman–Crippen LogP) is 5.63. The predicted molar refractivity (Wildman–Crippen MR) is 98.9 cm³/mol. The molecular weight excluding hydrogens is 324 g/mol. The average molecular weight is 357 g/mol. The molecule has 0 aliphatic heterocycles. The molecule has 1 aromatic rings. The second-order valence-corrected chi connectivity index (χ2v) is 8.13. The topological polar surface area (TPSA) is 74.6 Å². The van der Waals surface area contributed by atoms with Gasteiger partial charge in [0, 0.05) is 5.56 Å². The summed E-state index contributed by atoms with van der Waals surface area (Å²) >= 11 is 0. The number of para-hydroxylation sites is 1. The van der Waals surface area contributed by atoms with E-state index in [-0.39, 0.29) is 11.3 Å². The highest BCUT2D eigenvalue weighted by molar-refractivity contribution is 7.86. The number of rotatable bonds is 13. The van der Waals surface area contributed by atoms with Gasteiger partial charge in [-0.2, -0.15) is 8.42 Å². The minimum absolute atomic E-state index is 0.0767. The van der Waals surface area contributed by atoms with E-state index in [0.717, 1.165) is 19.3 Å². The molecule has 138 valence electrons. The summed E-state index contributed by atoms with van der Waals surface area (Å²) in [5, 5.41) is 8.80. The Labute approximate surface area is 147 Å². The van der Waals surface area contributed by atoms with E-state index in [4.69, 9.17) is 0 Å². The molecular formula is C19H32O4S. The van der Waals surface area contributed by atoms with Gasteiger partial charge in [-0.3, -0.25) is 4.55 Å². The van der Waals surface area contributed by atoms with Gasteiger partial charge in [-0.15, -0.1) is 0 Å². The summed E-state index contributed by atoms with van der Waals surface area (Å²) in [5.41, 5.74) is 0.288. The summed E-state index contributed by atoms with van der Waals surface area (Å²) in [6.45, 7) is 2.22. The molecule has 0 amide bonds. The van der Waals surface area contributed by atoms with Crippen LogP contribution in [0.15, 0.2) is 24.3 Å². The van der Waals surface area contributed by atoms with Crippen molar-refractivity contribution in [2.75, 3.05) is 0 Å². The van der Waals surface area contributed by atoms with E-state index < -0.39 is 15.4 Å². The lowest BCUT2D eigenvalue weighted by atomic mass is 10.0. The van der Waals surface area contributed by atoms with Crippen LogP contribution < -0.4 is 0 Å². The van der Waals surface area contributed by atoms with Crippen LogP contribution in [0.3, 0.4) is 0 Å². The van der Waals surface area contributed by atoms with Crippen molar-refractivity contribution in [3.05, 3.63) is 29.8 Å². The maximum atomic E-state index is 11.6. The quantitative estimate of drug-likeness (QED) is 0.355. The van der Waals surface area contributed by atoms with Crippen LogP contribution in [0.2, 0.25) is 0 Å². The van der Waals surface area contributed by atoms with Crippen molar-refractivity contribution in [2.45, 2.75) is 82.8 Å². The Morgan fingerprint density at radius 2 is 1.38 bits per heavy atom. The second-order valence-electron chi connectivity index (χ2n) is 6.53. The van der Waals surface area contributed by atoms with Gasteiger partial charge >= 0.3 is 0 Å². The molecule has 1 rings (SSSR count).